The van der Waals surface area contributed by atoms with Crippen molar-refractivity contribution in [1.82, 2.24) is 4.90 Å². The molecule has 2 nitrogen and oxygen atoms in total. The number of likely N-dealkylation sites (tertiary alicyclic amines) is 1. The van der Waals surface area contributed by atoms with Crippen molar-refractivity contribution >= 4 is 5.91 Å². The van der Waals surface area contributed by atoms with Crippen LogP contribution in [0.2, 0.25) is 0 Å². The molecule has 86 valence electrons. The first-order valence-electron chi connectivity index (χ1n) is 5.75. The van der Waals surface area contributed by atoms with Gasteiger partial charge in [0.15, 0.2) is 0 Å². The van der Waals surface area contributed by atoms with E-state index in [1.165, 1.54) is 12.1 Å². The van der Waals surface area contributed by atoms with Crippen molar-refractivity contribution in [3.8, 4) is 0 Å². The van der Waals surface area contributed by atoms with E-state index in [2.05, 4.69) is 6.92 Å². The molecule has 1 amide bonds. The molecular formula is C13H16FNO. The van der Waals surface area contributed by atoms with Crippen LogP contribution in [-0.2, 0) is 0 Å². The van der Waals surface area contributed by atoms with Crippen LogP contribution < -0.4 is 0 Å². The molecular weight excluding hydrogens is 205 g/mol. The summed E-state index contributed by atoms with van der Waals surface area (Å²) in [6, 6.07) is 5.77. The van der Waals surface area contributed by atoms with Crippen molar-refractivity contribution in [3.63, 3.8) is 0 Å². The molecule has 0 radical (unpaired) electrons. The molecule has 1 aliphatic heterocycles. The molecule has 0 saturated carbocycles. The Morgan fingerprint density at radius 3 is 2.69 bits per heavy atom. The summed E-state index contributed by atoms with van der Waals surface area (Å²) >= 11 is 0. The van der Waals surface area contributed by atoms with Gasteiger partial charge in [-0.15, -0.1) is 0 Å². The number of carbonyl (C=O) groups excluding carboxylic acids is 1. The molecule has 1 unspecified atom stereocenters. The topological polar surface area (TPSA) is 20.3 Å². The molecule has 1 aliphatic rings. The highest BCUT2D eigenvalue weighted by molar-refractivity contribution is 5.94. The van der Waals surface area contributed by atoms with Gasteiger partial charge in [0.2, 0.25) is 0 Å². The number of carbonyl (C=O) groups is 1. The zero-order chi connectivity index (χ0) is 11.5. The summed E-state index contributed by atoms with van der Waals surface area (Å²) in [6.07, 6.45) is 2.20. The Kier molecular flexibility index (Phi) is 3.22. The zero-order valence-electron chi connectivity index (χ0n) is 9.45. The highest BCUT2D eigenvalue weighted by Crippen LogP contribution is 2.21. The Hall–Kier alpha value is -1.38. The summed E-state index contributed by atoms with van der Waals surface area (Å²) in [6.45, 7) is 3.82. The molecule has 1 heterocycles. The van der Waals surface area contributed by atoms with Gasteiger partial charge in [-0.2, -0.15) is 0 Å². The fourth-order valence-electron chi connectivity index (χ4n) is 2.13. The van der Waals surface area contributed by atoms with E-state index in [1.807, 2.05) is 4.90 Å². The second-order valence-corrected chi connectivity index (χ2v) is 4.32. The van der Waals surface area contributed by atoms with Crippen molar-refractivity contribution in [2.75, 3.05) is 13.1 Å². The van der Waals surface area contributed by atoms with Crippen LogP contribution in [0.5, 0.6) is 0 Å². The number of halogens is 1. The summed E-state index contributed by atoms with van der Waals surface area (Å²) in [7, 11) is 0. The molecule has 1 atom stereocenters. The Morgan fingerprint density at radius 2 is 2.12 bits per heavy atom. The lowest BCUT2D eigenvalue weighted by atomic mass is 10.1. The molecule has 0 spiro atoms. The normalized spacial score (nSPS) is 20.1. The number of nitrogens with zero attached hydrogens (tertiary/aromatic N) is 1. The number of amides is 1. The standard InChI is InChI=1S/C13H16FNO/c1-2-10-7-8-15(9-10)13(16)11-3-5-12(14)6-4-11/h3-6,10H,2,7-9H2,1H3. The van der Waals surface area contributed by atoms with Crippen molar-refractivity contribution in [2.24, 2.45) is 5.92 Å². The first kappa shape index (κ1) is 11.1. The van der Waals surface area contributed by atoms with Crippen molar-refractivity contribution in [3.05, 3.63) is 35.6 Å². The maximum Gasteiger partial charge on any atom is 0.253 e. The minimum atomic E-state index is -0.301. The van der Waals surface area contributed by atoms with E-state index in [1.54, 1.807) is 12.1 Å². The smallest absolute Gasteiger partial charge is 0.253 e. The van der Waals surface area contributed by atoms with E-state index >= 15 is 0 Å². The summed E-state index contributed by atoms with van der Waals surface area (Å²) in [5.41, 5.74) is 0.582. The van der Waals surface area contributed by atoms with Crippen molar-refractivity contribution < 1.29 is 9.18 Å². The van der Waals surface area contributed by atoms with Gasteiger partial charge in [0.05, 0.1) is 0 Å². The summed E-state index contributed by atoms with van der Waals surface area (Å²) < 4.78 is 12.7. The van der Waals surface area contributed by atoms with Crippen molar-refractivity contribution in [2.45, 2.75) is 19.8 Å². The molecule has 0 aliphatic carbocycles. The van der Waals surface area contributed by atoms with E-state index in [4.69, 9.17) is 0 Å². The molecule has 3 heteroatoms. The van der Waals surface area contributed by atoms with E-state index in [-0.39, 0.29) is 11.7 Å². The predicted molar refractivity (Wildman–Crippen MR) is 60.7 cm³/mol. The van der Waals surface area contributed by atoms with Crippen LogP contribution in [0.15, 0.2) is 24.3 Å². The SMILES string of the molecule is CCC1CCN(C(=O)c2ccc(F)cc2)C1. The number of hydrogen-bond acceptors (Lipinski definition) is 1. The van der Waals surface area contributed by atoms with Gasteiger partial charge in [0.1, 0.15) is 5.82 Å². The average molecular weight is 221 g/mol. The predicted octanol–water partition coefficient (Wildman–Crippen LogP) is 2.70. The third-order valence-corrected chi connectivity index (χ3v) is 3.24. The second-order valence-electron chi connectivity index (χ2n) is 4.32. The quantitative estimate of drug-likeness (QED) is 0.752. The monoisotopic (exact) mass is 221 g/mol. The lowest BCUT2D eigenvalue weighted by Crippen LogP contribution is -2.28. The summed E-state index contributed by atoms with van der Waals surface area (Å²) in [5, 5.41) is 0. The van der Waals surface area contributed by atoms with Gasteiger partial charge in [-0.05, 0) is 36.6 Å². The first-order chi connectivity index (χ1) is 7.70. The Bertz CT molecular complexity index is 374. The molecule has 1 saturated heterocycles. The average Bonchev–Trinajstić information content (AvgIpc) is 2.77. The molecule has 0 aromatic heterocycles. The lowest BCUT2D eigenvalue weighted by Gasteiger charge is -2.16. The minimum absolute atomic E-state index is 0.0240. The lowest BCUT2D eigenvalue weighted by molar-refractivity contribution is 0.0787. The first-order valence-corrected chi connectivity index (χ1v) is 5.75. The van der Waals surface area contributed by atoms with E-state index < -0.39 is 0 Å². The Balaban J connectivity index is 2.05. The van der Waals surface area contributed by atoms with Crippen LogP contribution in [0, 0.1) is 11.7 Å². The van der Waals surface area contributed by atoms with Crippen molar-refractivity contribution in [1.29, 1.82) is 0 Å². The highest BCUT2D eigenvalue weighted by atomic mass is 19.1. The molecule has 1 aromatic carbocycles. The number of rotatable bonds is 2. The van der Waals surface area contributed by atoms with Gasteiger partial charge < -0.3 is 4.90 Å². The highest BCUT2D eigenvalue weighted by Gasteiger charge is 2.25. The van der Waals surface area contributed by atoms with Gasteiger partial charge in [-0.1, -0.05) is 13.3 Å². The van der Waals surface area contributed by atoms with E-state index in [0.29, 0.717) is 11.5 Å². The Labute approximate surface area is 95.1 Å². The molecule has 16 heavy (non-hydrogen) atoms. The van der Waals surface area contributed by atoms with E-state index in [0.717, 1.165) is 25.9 Å². The molecule has 1 aromatic rings. The molecule has 0 bridgehead atoms. The molecule has 0 N–H and O–H groups in total. The Morgan fingerprint density at radius 1 is 1.44 bits per heavy atom. The number of hydrogen-bond donors (Lipinski definition) is 0. The largest absolute Gasteiger partial charge is 0.338 e. The summed E-state index contributed by atoms with van der Waals surface area (Å²) in [4.78, 5) is 13.9. The maximum absolute atomic E-state index is 12.7. The van der Waals surface area contributed by atoms with Crippen LogP contribution in [0.25, 0.3) is 0 Å². The second kappa shape index (κ2) is 4.64. The summed E-state index contributed by atoms with van der Waals surface area (Å²) in [5.74, 6) is 0.352. The van der Waals surface area contributed by atoms with Gasteiger partial charge >= 0.3 is 0 Å². The maximum atomic E-state index is 12.7. The minimum Gasteiger partial charge on any atom is -0.338 e. The van der Waals surface area contributed by atoms with Gasteiger partial charge in [-0.25, -0.2) is 4.39 Å². The van der Waals surface area contributed by atoms with Crippen LogP contribution in [0.4, 0.5) is 4.39 Å². The van der Waals surface area contributed by atoms with Crippen LogP contribution in [0.1, 0.15) is 30.1 Å². The van der Waals surface area contributed by atoms with Gasteiger partial charge in [0.25, 0.3) is 5.91 Å². The number of benzene rings is 1. The van der Waals surface area contributed by atoms with Gasteiger partial charge in [-0.3, -0.25) is 4.79 Å². The van der Waals surface area contributed by atoms with Gasteiger partial charge in [0, 0.05) is 18.7 Å². The fourth-order valence-corrected chi connectivity index (χ4v) is 2.13. The van der Waals surface area contributed by atoms with Crippen LogP contribution in [-0.4, -0.2) is 23.9 Å². The van der Waals surface area contributed by atoms with Crippen LogP contribution >= 0.6 is 0 Å². The molecule has 1 fully saturated rings. The fraction of sp³-hybridized carbons (Fsp3) is 0.462. The third kappa shape index (κ3) is 2.23. The van der Waals surface area contributed by atoms with Crippen LogP contribution in [0.3, 0.4) is 0 Å². The third-order valence-electron chi connectivity index (χ3n) is 3.24. The zero-order valence-corrected chi connectivity index (χ0v) is 9.45. The molecule has 2 rings (SSSR count). The van der Waals surface area contributed by atoms with E-state index in [9.17, 15) is 9.18 Å².